The van der Waals surface area contributed by atoms with Crippen molar-refractivity contribution in [2.24, 2.45) is 0 Å². The molecule has 0 saturated carbocycles. The highest BCUT2D eigenvalue weighted by molar-refractivity contribution is 7.99. The SMILES string of the molecule is CCN(CC)C(=O)CSc1nnc(COc2ccccc2)o1. The number of hydrogen-bond acceptors (Lipinski definition) is 6. The molecule has 0 aliphatic carbocycles. The minimum Gasteiger partial charge on any atom is -0.484 e. The number of nitrogens with zero attached hydrogens (tertiary/aromatic N) is 3. The molecule has 2 rings (SSSR count). The monoisotopic (exact) mass is 321 g/mol. The Bertz CT molecular complexity index is 585. The Morgan fingerprint density at radius 1 is 1.23 bits per heavy atom. The zero-order valence-corrected chi connectivity index (χ0v) is 13.5. The van der Waals surface area contributed by atoms with Gasteiger partial charge in [-0.25, -0.2) is 0 Å². The standard InChI is InChI=1S/C15H19N3O3S/c1-3-18(4-2)14(19)11-22-15-17-16-13(21-15)10-20-12-8-6-5-7-9-12/h5-9H,3-4,10-11H2,1-2H3. The average molecular weight is 321 g/mol. The lowest BCUT2D eigenvalue weighted by atomic mass is 10.3. The molecule has 0 radical (unpaired) electrons. The van der Waals surface area contributed by atoms with E-state index in [1.807, 2.05) is 44.2 Å². The topological polar surface area (TPSA) is 68.5 Å². The van der Waals surface area contributed by atoms with Gasteiger partial charge >= 0.3 is 0 Å². The summed E-state index contributed by atoms with van der Waals surface area (Å²) in [5.74, 6) is 1.49. The Kier molecular flexibility index (Phi) is 6.27. The van der Waals surface area contributed by atoms with Gasteiger partial charge in [-0.05, 0) is 26.0 Å². The molecule has 2 aromatic rings. The van der Waals surface area contributed by atoms with E-state index in [2.05, 4.69) is 10.2 Å². The minimum absolute atomic E-state index is 0.0651. The van der Waals surface area contributed by atoms with Crippen molar-refractivity contribution < 1.29 is 13.9 Å². The van der Waals surface area contributed by atoms with Gasteiger partial charge in [0.2, 0.25) is 5.91 Å². The predicted octanol–water partition coefficient (Wildman–Crippen LogP) is 2.61. The number of ether oxygens (including phenoxy) is 1. The quantitative estimate of drug-likeness (QED) is 0.696. The van der Waals surface area contributed by atoms with Gasteiger partial charge in [0.1, 0.15) is 5.75 Å². The molecule has 0 atom stereocenters. The number of hydrogen-bond donors (Lipinski definition) is 0. The Hall–Kier alpha value is -2.02. The summed E-state index contributed by atoms with van der Waals surface area (Å²) in [6.07, 6.45) is 0. The van der Waals surface area contributed by atoms with E-state index in [0.717, 1.165) is 5.75 Å². The van der Waals surface area contributed by atoms with Crippen molar-refractivity contribution in [3.05, 3.63) is 36.2 Å². The van der Waals surface area contributed by atoms with Crippen LogP contribution < -0.4 is 4.74 Å². The lowest BCUT2D eigenvalue weighted by Gasteiger charge is -2.17. The predicted molar refractivity (Wildman–Crippen MR) is 83.7 cm³/mol. The third-order valence-corrected chi connectivity index (χ3v) is 3.79. The molecular weight excluding hydrogens is 302 g/mol. The van der Waals surface area contributed by atoms with Crippen LogP contribution in [0.4, 0.5) is 0 Å². The number of amides is 1. The smallest absolute Gasteiger partial charge is 0.277 e. The molecule has 0 saturated heterocycles. The van der Waals surface area contributed by atoms with Crippen LogP contribution in [0.1, 0.15) is 19.7 Å². The van der Waals surface area contributed by atoms with Crippen molar-refractivity contribution >= 4 is 17.7 Å². The second kappa shape index (κ2) is 8.43. The zero-order valence-electron chi connectivity index (χ0n) is 12.7. The van der Waals surface area contributed by atoms with Crippen molar-refractivity contribution in [1.29, 1.82) is 0 Å². The number of thioether (sulfide) groups is 1. The highest BCUT2D eigenvalue weighted by atomic mass is 32.2. The molecule has 0 aliphatic heterocycles. The minimum atomic E-state index is 0.0651. The van der Waals surface area contributed by atoms with E-state index in [4.69, 9.17) is 9.15 Å². The molecule has 1 heterocycles. The van der Waals surface area contributed by atoms with Crippen molar-refractivity contribution in [3.63, 3.8) is 0 Å². The Labute approximate surface area is 133 Å². The highest BCUT2D eigenvalue weighted by Crippen LogP contribution is 2.18. The zero-order chi connectivity index (χ0) is 15.8. The van der Waals surface area contributed by atoms with Crippen molar-refractivity contribution in [2.45, 2.75) is 25.7 Å². The summed E-state index contributed by atoms with van der Waals surface area (Å²) in [5, 5.41) is 8.20. The van der Waals surface area contributed by atoms with Gasteiger partial charge in [-0.15, -0.1) is 10.2 Å². The average Bonchev–Trinajstić information content (AvgIpc) is 3.01. The third kappa shape index (κ3) is 4.77. The third-order valence-electron chi connectivity index (χ3n) is 2.99. The highest BCUT2D eigenvalue weighted by Gasteiger charge is 2.13. The van der Waals surface area contributed by atoms with Crippen LogP contribution in [0.25, 0.3) is 0 Å². The Morgan fingerprint density at radius 3 is 2.64 bits per heavy atom. The van der Waals surface area contributed by atoms with E-state index in [1.54, 1.807) is 4.90 Å². The first-order valence-electron chi connectivity index (χ1n) is 7.13. The molecule has 0 spiro atoms. The van der Waals surface area contributed by atoms with Crippen molar-refractivity contribution in [1.82, 2.24) is 15.1 Å². The molecule has 7 heteroatoms. The fraction of sp³-hybridized carbons (Fsp3) is 0.400. The molecule has 0 unspecified atom stereocenters. The van der Waals surface area contributed by atoms with Gasteiger partial charge in [-0.2, -0.15) is 0 Å². The molecule has 22 heavy (non-hydrogen) atoms. The molecule has 6 nitrogen and oxygen atoms in total. The molecule has 0 aliphatic rings. The van der Waals surface area contributed by atoms with Gasteiger partial charge in [0, 0.05) is 13.1 Å². The molecule has 1 amide bonds. The summed E-state index contributed by atoms with van der Waals surface area (Å²) in [6, 6.07) is 9.41. The molecule has 0 N–H and O–H groups in total. The maximum Gasteiger partial charge on any atom is 0.277 e. The molecular formula is C15H19N3O3S. The number of rotatable bonds is 8. The molecule has 1 aromatic carbocycles. The van der Waals surface area contributed by atoms with Gasteiger partial charge in [-0.1, -0.05) is 30.0 Å². The van der Waals surface area contributed by atoms with E-state index in [1.165, 1.54) is 11.8 Å². The first kappa shape index (κ1) is 16.4. The maximum atomic E-state index is 11.9. The van der Waals surface area contributed by atoms with E-state index >= 15 is 0 Å². The normalized spacial score (nSPS) is 10.5. The molecule has 1 aromatic heterocycles. The van der Waals surface area contributed by atoms with E-state index in [9.17, 15) is 4.79 Å². The van der Waals surface area contributed by atoms with E-state index < -0.39 is 0 Å². The van der Waals surface area contributed by atoms with Crippen molar-refractivity contribution in [2.75, 3.05) is 18.8 Å². The molecule has 0 fully saturated rings. The molecule has 0 bridgehead atoms. The first-order valence-corrected chi connectivity index (χ1v) is 8.12. The summed E-state index contributed by atoms with van der Waals surface area (Å²) in [5.41, 5.74) is 0. The lowest BCUT2D eigenvalue weighted by molar-refractivity contribution is -0.127. The van der Waals surface area contributed by atoms with Crippen LogP contribution in [-0.4, -0.2) is 39.8 Å². The fourth-order valence-corrected chi connectivity index (χ4v) is 2.49. The largest absolute Gasteiger partial charge is 0.484 e. The van der Waals surface area contributed by atoms with Crippen LogP contribution in [0.15, 0.2) is 40.0 Å². The van der Waals surface area contributed by atoms with Gasteiger partial charge in [-0.3, -0.25) is 4.79 Å². The maximum absolute atomic E-state index is 11.9. The van der Waals surface area contributed by atoms with Crippen LogP contribution in [0.2, 0.25) is 0 Å². The summed E-state index contributed by atoms with van der Waals surface area (Å²) < 4.78 is 11.0. The molecule has 118 valence electrons. The Balaban J connectivity index is 1.80. The van der Waals surface area contributed by atoms with Crippen LogP contribution in [0, 0.1) is 0 Å². The second-order valence-electron chi connectivity index (χ2n) is 4.42. The van der Waals surface area contributed by atoms with Crippen LogP contribution in [-0.2, 0) is 11.4 Å². The van der Waals surface area contributed by atoms with Crippen molar-refractivity contribution in [3.8, 4) is 5.75 Å². The fourth-order valence-electron chi connectivity index (χ4n) is 1.81. The Morgan fingerprint density at radius 2 is 1.95 bits per heavy atom. The van der Waals surface area contributed by atoms with Gasteiger partial charge < -0.3 is 14.1 Å². The van der Waals surface area contributed by atoms with Gasteiger partial charge in [0.25, 0.3) is 11.1 Å². The number of carbonyl (C=O) groups excluding carboxylic acids is 1. The van der Waals surface area contributed by atoms with Gasteiger partial charge in [0.15, 0.2) is 6.61 Å². The van der Waals surface area contributed by atoms with E-state index in [-0.39, 0.29) is 12.5 Å². The summed E-state index contributed by atoms with van der Waals surface area (Å²) in [4.78, 5) is 13.7. The summed E-state index contributed by atoms with van der Waals surface area (Å²) in [6.45, 7) is 5.53. The number of carbonyl (C=O) groups is 1. The number of para-hydroxylation sites is 1. The van der Waals surface area contributed by atoms with Gasteiger partial charge in [0.05, 0.1) is 5.75 Å². The second-order valence-corrected chi connectivity index (χ2v) is 5.34. The number of aromatic nitrogens is 2. The summed E-state index contributed by atoms with van der Waals surface area (Å²) in [7, 11) is 0. The van der Waals surface area contributed by atoms with Crippen LogP contribution >= 0.6 is 11.8 Å². The van der Waals surface area contributed by atoms with Crippen LogP contribution in [0.3, 0.4) is 0 Å². The van der Waals surface area contributed by atoms with E-state index in [0.29, 0.717) is 30.0 Å². The van der Waals surface area contributed by atoms with Crippen LogP contribution in [0.5, 0.6) is 5.75 Å². The number of benzene rings is 1. The first-order chi connectivity index (χ1) is 10.7. The summed E-state index contributed by atoms with van der Waals surface area (Å²) >= 11 is 1.24. The lowest BCUT2D eigenvalue weighted by Crippen LogP contribution is -2.31.